The zero-order valence-electron chi connectivity index (χ0n) is 13.6. The van der Waals surface area contributed by atoms with Crippen molar-refractivity contribution in [1.82, 2.24) is 5.32 Å². The van der Waals surface area contributed by atoms with Crippen molar-refractivity contribution in [2.75, 3.05) is 6.61 Å². The molecule has 1 atom stereocenters. The van der Waals surface area contributed by atoms with Gasteiger partial charge in [-0.2, -0.15) is 0 Å². The first-order valence-electron chi connectivity index (χ1n) is 8.09. The Balaban J connectivity index is 1.83. The average Bonchev–Trinajstić information content (AvgIpc) is 2.87. The van der Waals surface area contributed by atoms with E-state index in [4.69, 9.17) is 4.74 Å². The van der Waals surface area contributed by atoms with Crippen LogP contribution in [0.4, 0.5) is 0 Å². The maximum Gasteiger partial charge on any atom is 0.225 e. The SMILES string of the molecule is CC(C)(C)C(=O)N[C@@H](c1ccc2c(c1)CCO2)C1CC(O)C1. The van der Waals surface area contributed by atoms with Crippen LogP contribution in [0.2, 0.25) is 0 Å². The van der Waals surface area contributed by atoms with Crippen LogP contribution in [-0.4, -0.2) is 23.7 Å². The van der Waals surface area contributed by atoms with Gasteiger partial charge in [-0.05, 0) is 42.0 Å². The lowest BCUT2D eigenvalue weighted by atomic mass is 9.74. The van der Waals surface area contributed by atoms with Gasteiger partial charge in [-0.15, -0.1) is 0 Å². The molecular formula is C18H25NO3. The van der Waals surface area contributed by atoms with Gasteiger partial charge in [0.2, 0.25) is 5.91 Å². The molecule has 1 saturated carbocycles. The molecule has 4 heteroatoms. The monoisotopic (exact) mass is 303 g/mol. The highest BCUT2D eigenvalue weighted by Gasteiger charge is 2.37. The number of hydrogen-bond acceptors (Lipinski definition) is 3. The van der Waals surface area contributed by atoms with Gasteiger partial charge in [0.15, 0.2) is 0 Å². The highest BCUT2D eigenvalue weighted by Crippen LogP contribution is 2.40. The molecule has 1 heterocycles. The molecule has 22 heavy (non-hydrogen) atoms. The highest BCUT2D eigenvalue weighted by atomic mass is 16.5. The fraction of sp³-hybridized carbons (Fsp3) is 0.611. The van der Waals surface area contributed by atoms with E-state index in [0.29, 0.717) is 5.92 Å². The van der Waals surface area contributed by atoms with Gasteiger partial charge in [-0.3, -0.25) is 4.79 Å². The van der Waals surface area contributed by atoms with Crippen molar-refractivity contribution >= 4 is 5.91 Å². The Labute approximate surface area is 131 Å². The minimum Gasteiger partial charge on any atom is -0.493 e. The fourth-order valence-electron chi connectivity index (χ4n) is 3.13. The van der Waals surface area contributed by atoms with E-state index in [-0.39, 0.29) is 18.1 Å². The predicted octanol–water partition coefficient (Wildman–Crippen LogP) is 2.60. The first-order chi connectivity index (χ1) is 10.3. The molecule has 0 aromatic heterocycles. The molecule has 1 aromatic carbocycles. The second kappa shape index (κ2) is 5.58. The van der Waals surface area contributed by atoms with E-state index in [1.165, 1.54) is 5.56 Å². The summed E-state index contributed by atoms with van der Waals surface area (Å²) in [5.74, 6) is 1.32. The second-order valence-electron chi connectivity index (χ2n) is 7.55. The lowest BCUT2D eigenvalue weighted by Crippen LogP contribution is -2.44. The topological polar surface area (TPSA) is 58.6 Å². The first-order valence-corrected chi connectivity index (χ1v) is 8.09. The molecule has 0 saturated heterocycles. The van der Waals surface area contributed by atoms with E-state index in [2.05, 4.69) is 11.4 Å². The number of amides is 1. The summed E-state index contributed by atoms with van der Waals surface area (Å²) < 4.78 is 5.56. The zero-order chi connectivity index (χ0) is 15.9. The quantitative estimate of drug-likeness (QED) is 0.902. The number of fused-ring (bicyclic) bond motifs is 1. The number of aliphatic hydroxyl groups is 1. The number of ether oxygens (including phenoxy) is 1. The van der Waals surface area contributed by atoms with Gasteiger partial charge in [-0.1, -0.05) is 26.8 Å². The summed E-state index contributed by atoms with van der Waals surface area (Å²) in [5, 5.41) is 12.8. The van der Waals surface area contributed by atoms with Gasteiger partial charge < -0.3 is 15.2 Å². The summed E-state index contributed by atoms with van der Waals surface area (Å²) in [6.45, 7) is 6.50. The maximum atomic E-state index is 12.4. The normalized spacial score (nSPS) is 24.9. The minimum atomic E-state index is -0.416. The fourth-order valence-corrected chi connectivity index (χ4v) is 3.13. The van der Waals surface area contributed by atoms with Gasteiger partial charge >= 0.3 is 0 Å². The Morgan fingerprint density at radius 1 is 1.36 bits per heavy atom. The van der Waals surface area contributed by atoms with Crippen molar-refractivity contribution in [3.05, 3.63) is 29.3 Å². The number of carbonyl (C=O) groups is 1. The van der Waals surface area contributed by atoms with Crippen LogP contribution < -0.4 is 10.1 Å². The molecule has 1 amide bonds. The van der Waals surface area contributed by atoms with E-state index in [0.717, 1.165) is 37.2 Å². The minimum absolute atomic E-state index is 0.0268. The van der Waals surface area contributed by atoms with Crippen LogP contribution in [0, 0.1) is 11.3 Å². The van der Waals surface area contributed by atoms with E-state index in [1.54, 1.807) is 0 Å². The Kier molecular flexibility index (Phi) is 3.89. The van der Waals surface area contributed by atoms with E-state index < -0.39 is 5.41 Å². The van der Waals surface area contributed by atoms with Gasteiger partial charge in [-0.25, -0.2) is 0 Å². The van der Waals surface area contributed by atoms with Crippen molar-refractivity contribution in [2.24, 2.45) is 11.3 Å². The van der Waals surface area contributed by atoms with Crippen LogP contribution in [0.1, 0.15) is 50.8 Å². The third-order valence-electron chi connectivity index (χ3n) is 4.66. The molecule has 2 N–H and O–H groups in total. The van der Waals surface area contributed by atoms with Crippen LogP contribution in [0.3, 0.4) is 0 Å². The van der Waals surface area contributed by atoms with Crippen LogP contribution >= 0.6 is 0 Å². The Morgan fingerprint density at radius 2 is 2.09 bits per heavy atom. The maximum absolute atomic E-state index is 12.4. The molecule has 0 bridgehead atoms. The van der Waals surface area contributed by atoms with Crippen molar-refractivity contribution in [2.45, 2.75) is 52.2 Å². The molecule has 120 valence electrons. The number of nitrogens with one attached hydrogen (secondary N) is 1. The van der Waals surface area contributed by atoms with Crippen molar-refractivity contribution in [3.63, 3.8) is 0 Å². The molecule has 1 aliphatic carbocycles. The lowest BCUT2D eigenvalue weighted by Gasteiger charge is -2.39. The van der Waals surface area contributed by atoms with Crippen LogP contribution in [0.25, 0.3) is 0 Å². The van der Waals surface area contributed by atoms with Crippen molar-refractivity contribution in [1.29, 1.82) is 0 Å². The Hall–Kier alpha value is -1.55. The third kappa shape index (κ3) is 2.98. The summed E-state index contributed by atoms with van der Waals surface area (Å²) in [7, 11) is 0. The predicted molar refractivity (Wildman–Crippen MR) is 84.7 cm³/mol. The van der Waals surface area contributed by atoms with Gasteiger partial charge in [0.05, 0.1) is 18.8 Å². The molecule has 1 fully saturated rings. The Morgan fingerprint density at radius 3 is 2.73 bits per heavy atom. The summed E-state index contributed by atoms with van der Waals surface area (Å²) in [6.07, 6.45) is 2.21. The summed E-state index contributed by atoms with van der Waals surface area (Å²) in [4.78, 5) is 12.4. The number of benzene rings is 1. The second-order valence-corrected chi connectivity index (χ2v) is 7.55. The third-order valence-corrected chi connectivity index (χ3v) is 4.66. The average molecular weight is 303 g/mol. The highest BCUT2D eigenvalue weighted by molar-refractivity contribution is 5.81. The lowest BCUT2D eigenvalue weighted by molar-refractivity contribution is -0.130. The summed E-state index contributed by atoms with van der Waals surface area (Å²) in [6, 6.07) is 6.17. The van der Waals surface area contributed by atoms with Crippen molar-refractivity contribution < 1.29 is 14.6 Å². The molecule has 2 aliphatic rings. The number of hydrogen-bond donors (Lipinski definition) is 2. The summed E-state index contributed by atoms with van der Waals surface area (Å²) in [5.41, 5.74) is 1.92. The standard InChI is InChI=1S/C18H25NO3/c1-18(2,3)17(21)19-16(13-9-14(20)10-13)12-4-5-15-11(8-12)6-7-22-15/h4-5,8,13-14,16,20H,6-7,9-10H2,1-3H3,(H,19,21)/t13?,14?,16-/m0/s1. The van der Waals surface area contributed by atoms with Crippen LogP contribution in [0.15, 0.2) is 18.2 Å². The molecule has 1 aliphatic heterocycles. The largest absolute Gasteiger partial charge is 0.493 e. The molecular weight excluding hydrogens is 278 g/mol. The number of aliphatic hydroxyl groups excluding tert-OH is 1. The van der Waals surface area contributed by atoms with E-state index in [1.807, 2.05) is 32.9 Å². The van der Waals surface area contributed by atoms with Crippen molar-refractivity contribution in [3.8, 4) is 5.75 Å². The first kappa shape index (κ1) is 15.3. The van der Waals surface area contributed by atoms with Gasteiger partial charge in [0, 0.05) is 11.8 Å². The van der Waals surface area contributed by atoms with Crippen LogP contribution in [0.5, 0.6) is 5.75 Å². The number of rotatable bonds is 3. The number of carbonyl (C=O) groups excluding carboxylic acids is 1. The molecule has 0 spiro atoms. The van der Waals surface area contributed by atoms with Gasteiger partial charge in [0.1, 0.15) is 5.75 Å². The molecule has 3 rings (SSSR count). The smallest absolute Gasteiger partial charge is 0.225 e. The van der Waals surface area contributed by atoms with E-state index >= 15 is 0 Å². The van der Waals surface area contributed by atoms with Crippen LogP contribution in [-0.2, 0) is 11.2 Å². The zero-order valence-corrected chi connectivity index (χ0v) is 13.6. The molecule has 4 nitrogen and oxygen atoms in total. The van der Waals surface area contributed by atoms with E-state index in [9.17, 15) is 9.90 Å². The van der Waals surface area contributed by atoms with Gasteiger partial charge in [0.25, 0.3) is 0 Å². The molecule has 1 aromatic rings. The Bertz CT molecular complexity index is 570. The molecule has 0 unspecified atom stereocenters. The molecule has 0 radical (unpaired) electrons. The summed E-state index contributed by atoms with van der Waals surface area (Å²) >= 11 is 0.